The van der Waals surface area contributed by atoms with Gasteiger partial charge in [0, 0.05) is 18.1 Å². The number of nitrogens with one attached hydrogen (secondary N) is 1. The van der Waals surface area contributed by atoms with E-state index in [-0.39, 0.29) is 23.3 Å². The van der Waals surface area contributed by atoms with Crippen LogP contribution in [0.2, 0.25) is 0 Å². The molecule has 3 aromatic rings. The largest absolute Gasteiger partial charge is 0.508 e. The van der Waals surface area contributed by atoms with Gasteiger partial charge >= 0.3 is 0 Å². The number of anilines is 1. The average molecular weight is 466 g/mol. The van der Waals surface area contributed by atoms with Crippen molar-refractivity contribution in [3.8, 4) is 28.7 Å². The van der Waals surface area contributed by atoms with Crippen LogP contribution in [0.25, 0.3) is 0 Å². The first kappa shape index (κ1) is 22.2. The fourth-order valence-corrected chi connectivity index (χ4v) is 3.98. The third-order valence-corrected chi connectivity index (χ3v) is 5.64. The predicted octanol–water partition coefficient (Wildman–Crippen LogP) is 4.37. The maximum absolute atomic E-state index is 10.4. The van der Waals surface area contributed by atoms with Gasteiger partial charge in [-0.15, -0.1) is 0 Å². The first-order valence-corrected chi connectivity index (χ1v) is 10.5. The number of thiocarbonyl (C=S) groups is 1. The smallest absolute Gasteiger partial charge is 0.194 e. The van der Waals surface area contributed by atoms with Crippen molar-refractivity contribution in [1.29, 1.82) is 0 Å². The highest BCUT2D eigenvalue weighted by molar-refractivity contribution is 7.80. The number of nitrogens with zero attached hydrogens (tertiary/aromatic N) is 2. The van der Waals surface area contributed by atoms with Crippen LogP contribution < -0.4 is 14.8 Å². The second-order valence-electron chi connectivity index (χ2n) is 7.37. The third-order valence-electron chi connectivity index (χ3n) is 5.35. The summed E-state index contributed by atoms with van der Waals surface area (Å²) in [6, 6.07) is 16.5. The molecule has 4 rings (SSSR count). The summed E-state index contributed by atoms with van der Waals surface area (Å²) in [7, 11) is 3.06. The molecular formula is C24H23N3O5S. The highest BCUT2D eigenvalue weighted by Crippen LogP contribution is 2.39. The fraction of sp³-hybridized carbons (Fsp3) is 0.167. The molecule has 3 aromatic carbocycles. The number of benzene rings is 3. The van der Waals surface area contributed by atoms with Crippen LogP contribution in [0.15, 0.2) is 65.8 Å². The van der Waals surface area contributed by atoms with Crippen LogP contribution in [0.4, 0.5) is 5.69 Å². The summed E-state index contributed by atoms with van der Waals surface area (Å²) in [4.78, 5) is 0. The SMILES string of the molecule is COc1cc(C2CC(c3ccc(O)cc3O)=NN2C(=S)Nc2ccccc2OC)ccc1O. The van der Waals surface area contributed by atoms with E-state index in [1.807, 2.05) is 24.3 Å². The van der Waals surface area contributed by atoms with Crippen molar-refractivity contribution in [3.63, 3.8) is 0 Å². The molecule has 0 radical (unpaired) electrons. The normalized spacial score (nSPS) is 15.2. The van der Waals surface area contributed by atoms with Gasteiger partial charge in [0.05, 0.1) is 31.7 Å². The molecule has 0 aliphatic carbocycles. The molecule has 0 saturated carbocycles. The summed E-state index contributed by atoms with van der Waals surface area (Å²) in [6.45, 7) is 0. The predicted molar refractivity (Wildman–Crippen MR) is 129 cm³/mol. The van der Waals surface area contributed by atoms with Crippen molar-refractivity contribution in [2.75, 3.05) is 19.5 Å². The maximum Gasteiger partial charge on any atom is 0.194 e. The molecule has 0 aromatic heterocycles. The number of aromatic hydroxyl groups is 3. The number of methoxy groups -OCH3 is 2. The summed E-state index contributed by atoms with van der Waals surface area (Å²) in [5, 5.41) is 39.9. The Bertz CT molecular complexity index is 1230. The lowest BCUT2D eigenvalue weighted by Crippen LogP contribution is -2.31. The Hall–Kier alpha value is -3.98. The van der Waals surface area contributed by atoms with Crippen LogP contribution in [0.3, 0.4) is 0 Å². The minimum absolute atomic E-state index is 0.0258. The monoisotopic (exact) mass is 465 g/mol. The van der Waals surface area contributed by atoms with Gasteiger partial charge in [-0.1, -0.05) is 18.2 Å². The lowest BCUT2D eigenvalue weighted by atomic mass is 9.97. The quantitative estimate of drug-likeness (QED) is 0.412. The summed E-state index contributed by atoms with van der Waals surface area (Å²) in [6.07, 6.45) is 0.417. The van der Waals surface area contributed by atoms with E-state index in [2.05, 4.69) is 5.32 Å². The first-order valence-electron chi connectivity index (χ1n) is 10.1. The second kappa shape index (κ2) is 9.25. The zero-order valence-electron chi connectivity index (χ0n) is 18.0. The molecule has 0 bridgehead atoms. The molecule has 1 aliphatic rings. The van der Waals surface area contributed by atoms with Crippen molar-refractivity contribution in [1.82, 2.24) is 5.01 Å². The number of hydrogen-bond acceptors (Lipinski definition) is 7. The van der Waals surface area contributed by atoms with E-state index in [1.54, 1.807) is 36.4 Å². The number of ether oxygens (including phenoxy) is 2. The number of hydrogen-bond donors (Lipinski definition) is 4. The van der Waals surface area contributed by atoms with Gasteiger partial charge in [-0.05, 0) is 54.2 Å². The van der Waals surface area contributed by atoms with E-state index >= 15 is 0 Å². The van der Waals surface area contributed by atoms with Gasteiger partial charge in [-0.3, -0.25) is 0 Å². The van der Waals surface area contributed by atoms with Crippen molar-refractivity contribution in [3.05, 3.63) is 71.8 Å². The van der Waals surface area contributed by atoms with Crippen molar-refractivity contribution >= 4 is 28.7 Å². The Morgan fingerprint density at radius 2 is 1.73 bits per heavy atom. The number of rotatable bonds is 5. The molecule has 1 unspecified atom stereocenters. The van der Waals surface area contributed by atoms with Gasteiger partial charge < -0.3 is 30.1 Å². The topological polar surface area (TPSA) is 107 Å². The molecule has 170 valence electrons. The Kier molecular flexibility index (Phi) is 6.23. The average Bonchev–Trinajstić information content (AvgIpc) is 3.25. The molecule has 9 heteroatoms. The van der Waals surface area contributed by atoms with E-state index in [9.17, 15) is 15.3 Å². The van der Waals surface area contributed by atoms with Crippen LogP contribution in [0, 0.1) is 0 Å². The van der Waals surface area contributed by atoms with Crippen LogP contribution >= 0.6 is 12.2 Å². The molecule has 1 aliphatic heterocycles. The van der Waals surface area contributed by atoms with Gasteiger partial charge in [0.1, 0.15) is 17.2 Å². The van der Waals surface area contributed by atoms with E-state index < -0.39 is 0 Å². The van der Waals surface area contributed by atoms with E-state index in [0.29, 0.717) is 40.0 Å². The van der Waals surface area contributed by atoms with Gasteiger partial charge in [0.15, 0.2) is 16.6 Å². The summed E-state index contributed by atoms with van der Waals surface area (Å²) in [5.41, 5.74) is 2.58. The maximum atomic E-state index is 10.4. The Balaban J connectivity index is 1.72. The Morgan fingerprint density at radius 3 is 2.45 bits per heavy atom. The molecule has 1 heterocycles. The van der Waals surface area contributed by atoms with E-state index in [1.165, 1.54) is 19.2 Å². The summed E-state index contributed by atoms with van der Waals surface area (Å²) < 4.78 is 10.7. The molecular weight excluding hydrogens is 442 g/mol. The van der Waals surface area contributed by atoms with E-state index in [0.717, 1.165) is 5.56 Å². The van der Waals surface area contributed by atoms with Crippen LogP contribution in [-0.4, -0.2) is 45.4 Å². The lowest BCUT2D eigenvalue weighted by Gasteiger charge is -2.25. The highest BCUT2D eigenvalue weighted by atomic mass is 32.1. The molecule has 8 nitrogen and oxygen atoms in total. The number of phenols is 3. The zero-order valence-corrected chi connectivity index (χ0v) is 18.8. The van der Waals surface area contributed by atoms with Crippen molar-refractivity contribution in [2.45, 2.75) is 12.5 Å². The van der Waals surface area contributed by atoms with Gasteiger partial charge in [-0.25, -0.2) is 5.01 Å². The summed E-state index contributed by atoms with van der Waals surface area (Å²) in [5.74, 6) is 0.859. The number of phenolic OH excluding ortho intramolecular Hbond substituents is 3. The van der Waals surface area contributed by atoms with Crippen molar-refractivity contribution < 1.29 is 24.8 Å². The van der Waals surface area contributed by atoms with Crippen LogP contribution in [0.1, 0.15) is 23.6 Å². The van der Waals surface area contributed by atoms with E-state index in [4.69, 9.17) is 26.8 Å². The minimum atomic E-state index is -0.336. The third kappa shape index (κ3) is 4.49. The lowest BCUT2D eigenvalue weighted by molar-refractivity contribution is 0.360. The van der Waals surface area contributed by atoms with Crippen LogP contribution in [0.5, 0.6) is 28.7 Å². The van der Waals surface area contributed by atoms with Gasteiger partial charge in [-0.2, -0.15) is 5.10 Å². The molecule has 0 amide bonds. The van der Waals surface area contributed by atoms with Gasteiger partial charge in [0.25, 0.3) is 0 Å². The Morgan fingerprint density at radius 1 is 0.970 bits per heavy atom. The first-order chi connectivity index (χ1) is 15.9. The van der Waals surface area contributed by atoms with Gasteiger partial charge in [0.2, 0.25) is 0 Å². The molecule has 0 saturated heterocycles. The molecule has 4 N–H and O–H groups in total. The fourth-order valence-electron chi connectivity index (χ4n) is 3.71. The van der Waals surface area contributed by atoms with Crippen molar-refractivity contribution in [2.24, 2.45) is 5.10 Å². The molecule has 0 spiro atoms. The minimum Gasteiger partial charge on any atom is -0.508 e. The number of hydrazone groups is 1. The zero-order chi connectivity index (χ0) is 23.5. The molecule has 33 heavy (non-hydrogen) atoms. The Labute approximate surface area is 196 Å². The summed E-state index contributed by atoms with van der Waals surface area (Å²) >= 11 is 5.69. The standard InChI is InChI=1S/C24H23N3O5S/c1-31-22-6-4-3-5-17(22)25-24(33)27-19(14-7-10-20(29)23(11-14)32-2)13-18(26-27)16-9-8-15(28)12-21(16)30/h3-12,19,28-30H,13H2,1-2H3,(H,25,33). The molecule has 1 atom stereocenters. The number of para-hydroxylation sites is 2. The second-order valence-corrected chi connectivity index (χ2v) is 7.76. The van der Waals surface area contributed by atoms with Crippen LogP contribution in [-0.2, 0) is 0 Å². The highest BCUT2D eigenvalue weighted by Gasteiger charge is 2.33. The molecule has 0 fully saturated rings.